The van der Waals surface area contributed by atoms with Gasteiger partial charge in [-0.1, -0.05) is 21.1 Å². The number of hydrogen-bond acceptors (Lipinski definition) is 3. The van der Waals surface area contributed by atoms with Crippen LogP contribution in [0.4, 0.5) is 4.39 Å². The van der Waals surface area contributed by atoms with Crippen molar-refractivity contribution in [3.8, 4) is 5.75 Å². The fraction of sp³-hybridized carbons (Fsp3) is 0.133. The zero-order chi connectivity index (χ0) is 15.4. The summed E-state index contributed by atoms with van der Waals surface area (Å²) < 4.78 is 20.1. The second kappa shape index (κ2) is 6.58. The molecule has 2 aromatic rings. The number of amidine groups is 1. The molecule has 0 unspecified atom stereocenters. The van der Waals surface area contributed by atoms with E-state index in [1.54, 1.807) is 6.07 Å². The van der Waals surface area contributed by atoms with Crippen LogP contribution in [-0.4, -0.2) is 11.0 Å². The van der Waals surface area contributed by atoms with Crippen LogP contribution >= 0.6 is 15.9 Å². The van der Waals surface area contributed by atoms with Gasteiger partial charge < -0.3 is 15.7 Å². The summed E-state index contributed by atoms with van der Waals surface area (Å²) in [5, 5.41) is 11.5. The van der Waals surface area contributed by atoms with Gasteiger partial charge in [0.2, 0.25) is 0 Å². The SMILES string of the molecule is Cc1cc(OCc2cc(F)cc(/C(N)=N/O)c2)ccc1Br. The van der Waals surface area contributed by atoms with Crippen LogP contribution in [0.3, 0.4) is 0 Å². The molecule has 0 aliphatic rings. The molecule has 0 bridgehead atoms. The summed E-state index contributed by atoms with van der Waals surface area (Å²) in [5.74, 6) is 0.0743. The molecule has 0 radical (unpaired) electrons. The molecule has 0 atom stereocenters. The van der Waals surface area contributed by atoms with E-state index >= 15 is 0 Å². The first kappa shape index (κ1) is 15.3. The highest BCUT2D eigenvalue weighted by molar-refractivity contribution is 9.10. The maximum atomic E-state index is 13.5. The Morgan fingerprint density at radius 2 is 2.10 bits per heavy atom. The molecule has 3 N–H and O–H groups in total. The first-order valence-corrected chi connectivity index (χ1v) is 6.95. The lowest BCUT2D eigenvalue weighted by Crippen LogP contribution is -2.14. The van der Waals surface area contributed by atoms with Crippen molar-refractivity contribution >= 4 is 21.8 Å². The largest absolute Gasteiger partial charge is 0.489 e. The normalized spacial score (nSPS) is 11.5. The molecule has 6 heteroatoms. The molecule has 110 valence electrons. The predicted octanol–water partition coefficient (Wildman–Crippen LogP) is 3.57. The summed E-state index contributed by atoms with van der Waals surface area (Å²) in [4.78, 5) is 0. The van der Waals surface area contributed by atoms with Gasteiger partial charge in [-0.15, -0.1) is 0 Å². The van der Waals surface area contributed by atoms with Gasteiger partial charge in [-0.2, -0.15) is 0 Å². The van der Waals surface area contributed by atoms with E-state index in [1.165, 1.54) is 12.1 Å². The van der Waals surface area contributed by atoms with Crippen LogP contribution in [0.15, 0.2) is 46.0 Å². The van der Waals surface area contributed by atoms with Crippen LogP contribution in [0, 0.1) is 12.7 Å². The molecular formula is C15H14BrFN2O2. The van der Waals surface area contributed by atoms with Crippen molar-refractivity contribution in [2.45, 2.75) is 13.5 Å². The van der Waals surface area contributed by atoms with E-state index in [0.29, 0.717) is 16.9 Å². The Bertz CT molecular complexity index is 689. The molecule has 0 aliphatic heterocycles. The summed E-state index contributed by atoms with van der Waals surface area (Å²) in [5.41, 5.74) is 7.41. The second-order valence-corrected chi connectivity index (χ2v) is 5.39. The van der Waals surface area contributed by atoms with Crippen molar-refractivity contribution in [3.63, 3.8) is 0 Å². The van der Waals surface area contributed by atoms with Crippen molar-refractivity contribution in [1.29, 1.82) is 0 Å². The fourth-order valence-electron chi connectivity index (χ4n) is 1.81. The highest BCUT2D eigenvalue weighted by Crippen LogP contribution is 2.22. The predicted molar refractivity (Wildman–Crippen MR) is 82.1 cm³/mol. The van der Waals surface area contributed by atoms with Crippen molar-refractivity contribution in [2.24, 2.45) is 10.9 Å². The van der Waals surface area contributed by atoms with Crippen LogP contribution in [0.5, 0.6) is 5.75 Å². The third-order valence-corrected chi connectivity index (χ3v) is 3.79. The summed E-state index contributed by atoms with van der Waals surface area (Å²) >= 11 is 3.41. The summed E-state index contributed by atoms with van der Waals surface area (Å²) in [6, 6.07) is 9.75. The van der Waals surface area contributed by atoms with Crippen LogP contribution in [0.25, 0.3) is 0 Å². The molecule has 0 aliphatic carbocycles. The molecule has 0 saturated carbocycles. The summed E-state index contributed by atoms with van der Waals surface area (Å²) in [6.45, 7) is 2.14. The van der Waals surface area contributed by atoms with Gasteiger partial charge in [-0.3, -0.25) is 0 Å². The molecule has 2 rings (SSSR count). The minimum Gasteiger partial charge on any atom is -0.489 e. The number of oxime groups is 1. The van der Waals surface area contributed by atoms with Gasteiger partial charge in [0.25, 0.3) is 0 Å². The lowest BCUT2D eigenvalue weighted by molar-refractivity contribution is 0.305. The van der Waals surface area contributed by atoms with Crippen LogP contribution in [-0.2, 0) is 6.61 Å². The minimum atomic E-state index is -0.468. The number of rotatable bonds is 4. The van der Waals surface area contributed by atoms with E-state index in [4.69, 9.17) is 15.7 Å². The lowest BCUT2D eigenvalue weighted by atomic mass is 10.1. The van der Waals surface area contributed by atoms with Gasteiger partial charge in [-0.25, -0.2) is 4.39 Å². The van der Waals surface area contributed by atoms with Crippen molar-refractivity contribution in [2.75, 3.05) is 0 Å². The Morgan fingerprint density at radius 1 is 1.33 bits per heavy atom. The molecule has 0 heterocycles. The average molecular weight is 353 g/mol. The Morgan fingerprint density at radius 3 is 2.76 bits per heavy atom. The second-order valence-electron chi connectivity index (χ2n) is 4.53. The first-order valence-electron chi connectivity index (χ1n) is 6.16. The van der Waals surface area contributed by atoms with Crippen LogP contribution < -0.4 is 10.5 Å². The third kappa shape index (κ3) is 3.95. The Labute approximate surface area is 130 Å². The first-order chi connectivity index (χ1) is 9.99. The van der Waals surface area contributed by atoms with Crippen LogP contribution in [0.1, 0.15) is 16.7 Å². The monoisotopic (exact) mass is 352 g/mol. The van der Waals surface area contributed by atoms with Gasteiger partial charge in [0.15, 0.2) is 5.84 Å². The quantitative estimate of drug-likeness (QED) is 0.382. The van der Waals surface area contributed by atoms with Gasteiger partial charge in [-0.05, 0) is 54.4 Å². The molecule has 4 nitrogen and oxygen atoms in total. The number of hydrogen-bond donors (Lipinski definition) is 2. The zero-order valence-electron chi connectivity index (χ0n) is 11.3. The molecule has 21 heavy (non-hydrogen) atoms. The number of aryl methyl sites for hydroxylation is 1. The number of nitrogens with two attached hydrogens (primary N) is 1. The standard InChI is InChI=1S/C15H14BrFN2O2/c1-9-4-13(2-3-14(9)16)21-8-10-5-11(15(18)19-20)7-12(17)6-10/h2-7,20H,8H2,1H3,(H2,18,19). The third-order valence-electron chi connectivity index (χ3n) is 2.90. The van der Waals surface area contributed by atoms with E-state index in [9.17, 15) is 4.39 Å². The topological polar surface area (TPSA) is 67.8 Å². The molecule has 0 aromatic heterocycles. The Balaban J connectivity index is 2.16. The van der Waals surface area contributed by atoms with Crippen molar-refractivity contribution in [1.82, 2.24) is 0 Å². The smallest absolute Gasteiger partial charge is 0.170 e. The molecule has 0 spiro atoms. The molecule has 0 fully saturated rings. The van der Waals surface area contributed by atoms with Crippen molar-refractivity contribution < 1.29 is 14.3 Å². The van der Waals surface area contributed by atoms with E-state index < -0.39 is 5.82 Å². The number of nitrogens with zero attached hydrogens (tertiary/aromatic N) is 1. The van der Waals surface area contributed by atoms with Gasteiger partial charge in [0.1, 0.15) is 18.2 Å². The minimum absolute atomic E-state index is 0.143. The molecule has 2 aromatic carbocycles. The number of halogens is 2. The maximum Gasteiger partial charge on any atom is 0.170 e. The summed E-state index contributed by atoms with van der Waals surface area (Å²) in [7, 11) is 0. The van der Waals surface area contributed by atoms with Crippen molar-refractivity contribution in [3.05, 3.63) is 63.4 Å². The van der Waals surface area contributed by atoms with Crippen LogP contribution in [0.2, 0.25) is 0 Å². The van der Waals surface area contributed by atoms with E-state index in [-0.39, 0.29) is 12.4 Å². The van der Waals surface area contributed by atoms with Gasteiger partial charge in [0, 0.05) is 10.0 Å². The van der Waals surface area contributed by atoms with E-state index in [0.717, 1.165) is 10.0 Å². The van der Waals surface area contributed by atoms with E-state index in [1.807, 2.05) is 25.1 Å². The number of ether oxygens (including phenoxy) is 1. The molecule has 0 saturated heterocycles. The Kier molecular flexibility index (Phi) is 4.80. The highest BCUT2D eigenvalue weighted by atomic mass is 79.9. The average Bonchev–Trinajstić information content (AvgIpc) is 2.47. The maximum absolute atomic E-state index is 13.5. The van der Waals surface area contributed by atoms with Gasteiger partial charge >= 0.3 is 0 Å². The molecular weight excluding hydrogens is 339 g/mol. The highest BCUT2D eigenvalue weighted by Gasteiger charge is 2.06. The molecule has 0 amide bonds. The van der Waals surface area contributed by atoms with Gasteiger partial charge in [0.05, 0.1) is 0 Å². The lowest BCUT2D eigenvalue weighted by Gasteiger charge is -2.09. The number of benzene rings is 2. The zero-order valence-corrected chi connectivity index (χ0v) is 12.9. The fourth-order valence-corrected chi connectivity index (χ4v) is 2.06. The van der Waals surface area contributed by atoms with E-state index in [2.05, 4.69) is 21.1 Å². The summed E-state index contributed by atoms with van der Waals surface area (Å²) in [6.07, 6.45) is 0. The Hall–Kier alpha value is -2.08.